The molecule has 1 aliphatic heterocycles. The summed E-state index contributed by atoms with van der Waals surface area (Å²) in [6.07, 6.45) is 1.73. The van der Waals surface area contributed by atoms with Crippen LogP contribution in [0.25, 0.3) is 5.69 Å². The van der Waals surface area contributed by atoms with E-state index < -0.39 is 0 Å². The topological polar surface area (TPSA) is 76.9 Å². The lowest BCUT2D eigenvalue weighted by atomic mass is 10.1. The molecule has 2 N–H and O–H groups in total. The van der Waals surface area contributed by atoms with Gasteiger partial charge in [0.25, 0.3) is 0 Å². The van der Waals surface area contributed by atoms with Gasteiger partial charge >= 0.3 is 0 Å². The maximum absolute atomic E-state index is 9.34. The molecule has 2 aromatic rings. The molecule has 2 heterocycles. The van der Waals surface area contributed by atoms with Gasteiger partial charge in [-0.25, -0.2) is 4.68 Å². The van der Waals surface area contributed by atoms with Crippen LogP contribution < -0.4 is 5.73 Å². The second-order valence-corrected chi connectivity index (χ2v) is 5.48. The first kappa shape index (κ1) is 13.2. The van der Waals surface area contributed by atoms with Gasteiger partial charge in [0, 0.05) is 11.1 Å². The van der Waals surface area contributed by atoms with Gasteiger partial charge in [0.05, 0.1) is 5.69 Å². The average molecular weight is 333 g/mol. The van der Waals surface area contributed by atoms with E-state index >= 15 is 0 Å². The van der Waals surface area contributed by atoms with Gasteiger partial charge in [0.1, 0.15) is 29.2 Å². The molecule has 0 unspecified atom stereocenters. The van der Waals surface area contributed by atoms with Crippen LogP contribution in [0, 0.1) is 11.3 Å². The number of para-hydroxylation sites is 1. The second kappa shape index (κ2) is 5.27. The fourth-order valence-corrected chi connectivity index (χ4v) is 2.84. The van der Waals surface area contributed by atoms with Gasteiger partial charge in [0.2, 0.25) is 0 Å². The van der Waals surface area contributed by atoms with Gasteiger partial charge in [-0.15, -0.1) is 0 Å². The molecule has 0 bridgehead atoms. The molecule has 1 aliphatic rings. The molecule has 5 nitrogen and oxygen atoms in total. The van der Waals surface area contributed by atoms with Crippen LogP contribution in [0.1, 0.15) is 30.2 Å². The number of rotatable bonds is 2. The Balaban J connectivity index is 2.14. The van der Waals surface area contributed by atoms with Crippen molar-refractivity contribution < 1.29 is 4.74 Å². The number of ether oxygens (including phenoxy) is 1. The Morgan fingerprint density at radius 1 is 1.45 bits per heavy atom. The number of halogens is 1. The summed E-state index contributed by atoms with van der Waals surface area (Å²) in [4.78, 5) is 0. The van der Waals surface area contributed by atoms with Crippen molar-refractivity contribution in [1.29, 1.82) is 5.26 Å². The first-order valence-corrected chi connectivity index (χ1v) is 7.16. The molecule has 6 heteroatoms. The standard InChI is InChI=1S/C14H13BrN4O/c15-10-4-1-2-5-11(10)19-14(17)9(8-16)13(18-19)12-6-3-7-20-12/h1-2,4-5,12H,3,6-7,17H2/t12-/m0/s1. The molecule has 0 saturated carbocycles. The van der Waals surface area contributed by atoms with E-state index in [1.54, 1.807) is 4.68 Å². The molecule has 0 aliphatic carbocycles. The Morgan fingerprint density at radius 3 is 2.90 bits per heavy atom. The third-order valence-corrected chi connectivity index (χ3v) is 4.05. The Bertz CT molecular complexity index is 683. The van der Waals surface area contributed by atoms with E-state index in [0.29, 0.717) is 23.7 Å². The minimum Gasteiger partial charge on any atom is -0.382 e. The molecule has 0 amide bonds. The molecular weight excluding hydrogens is 320 g/mol. The van der Waals surface area contributed by atoms with Crippen LogP contribution >= 0.6 is 15.9 Å². The zero-order chi connectivity index (χ0) is 14.1. The smallest absolute Gasteiger partial charge is 0.145 e. The second-order valence-electron chi connectivity index (χ2n) is 4.62. The minimum absolute atomic E-state index is 0.129. The van der Waals surface area contributed by atoms with Crippen LogP contribution in [-0.2, 0) is 4.74 Å². The Kier molecular flexibility index (Phi) is 3.47. The SMILES string of the molecule is N#Cc1c([C@@H]2CCCO2)nn(-c2ccccc2Br)c1N. The van der Waals surface area contributed by atoms with E-state index in [4.69, 9.17) is 10.5 Å². The molecule has 1 atom stereocenters. The number of nitrogens with two attached hydrogens (primary N) is 1. The lowest BCUT2D eigenvalue weighted by Gasteiger charge is -2.06. The molecule has 1 aromatic carbocycles. The summed E-state index contributed by atoms with van der Waals surface area (Å²) in [7, 11) is 0. The van der Waals surface area contributed by atoms with Crippen LogP contribution in [0.3, 0.4) is 0 Å². The number of nitrogen functional groups attached to an aromatic ring is 1. The highest BCUT2D eigenvalue weighted by Crippen LogP contribution is 2.34. The number of benzene rings is 1. The van der Waals surface area contributed by atoms with E-state index in [-0.39, 0.29) is 6.10 Å². The van der Waals surface area contributed by atoms with Crippen LogP contribution in [0.4, 0.5) is 5.82 Å². The lowest BCUT2D eigenvalue weighted by molar-refractivity contribution is 0.108. The zero-order valence-electron chi connectivity index (χ0n) is 10.7. The maximum atomic E-state index is 9.34. The maximum Gasteiger partial charge on any atom is 0.145 e. The summed E-state index contributed by atoms with van der Waals surface area (Å²) in [6, 6.07) is 9.77. The summed E-state index contributed by atoms with van der Waals surface area (Å²) in [5, 5.41) is 13.8. The number of anilines is 1. The minimum atomic E-state index is -0.129. The predicted octanol–water partition coefficient (Wildman–Crippen LogP) is 2.94. The van der Waals surface area contributed by atoms with Crippen LogP contribution in [-0.4, -0.2) is 16.4 Å². The molecule has 1 fully saturated rings. The van der Waals surface area contributed by atoms with Crippen molar-refractivity contribution in [2.45, 2.75) is 18.9 Å². The normalized spacial score (nSPS) is 18.1. The molecule has 20 heavy (non-hydrogen) atoms. The zero-order valence-corrected chi connectivity index (χ0v) is 12.3. The average Bonchev–Trinajstić information content (AvgIpc) is 3.07. The Hall–Kier alpha value is -1.84. The molecule has 1 saturated heterocycles. The highest BCUT2D eigenvalue weighted by atomic mass is 79.9. The summed E-state index contributed by atoms with van der Waals surface area (Å²) in [5.74, 6) is 0.352. The quantitative estimate of drug-likeness (QED) is 0.917. The molecule has 3 rings (SSSR count). The highest BCUT2D eigenvalue weighted by molar-refractivity contribution is 9.10. The van der Waals surface area contributed by atoms with E-state index in [0.717, 1.165) is 23.0 Å². The van der Waals surface area contributed by atoms with Gasteiger partial charge in [0.15, 0.2) is 0 Å². The van der Waals surface area contributed by atoms with Crippen molar-refractivity contribution in [2.24, 2.45) is 0 Å². The number of hydrogen-bond acceptors (Lipinski definition) is 4. The number of aromatic nitrogens is 2. The third-order valence-electron chi connectivity index (χ3n) is 3.38. The van der Waals surface area contributed by atoms with Crippen molar-refractivity contribution in [3.63, 3.8) is 0 Å². The van der Waals surface area contributed by atoms with Crippen molar-refractivity contribution in [2.75, 3.05) is 12.3 Å². The fourth-order valence-electron chi connectivity index (χ4n) is 2.39. The number of hydrogen-bond donors (Lipinski definition) is 1. The van der Waals surface area contributed by atoms with Gasteiger partial charge < -0.3 is 10.5 Å². The Morgan fingerprint density at radius 2 is 2.25 bits per heavy atom. The van der Waals surface area contributed by atoms with Gasteiger partial charge in [-0.05, 0) is 40.9 Å². The molecule has 0 spiro atoms. The summed E-state index contributed by atoms with van der Waals surface area (Å²) < 4.78 is 8.09. The van der Waals surface area contributed by atoms with Crippen molar-refractivity contribution in [1.82, 2.24) is 9.78 Å². The number of nitriles is 1. The van der Waals surface area contributed by atoms with Crippen molar-refractivity contribution in [3.05, 3.63) is 40.0 Å². The molecule has 0 radical (unpaired) electrons. The van der Waals surface area contributed by atoms with E-state index in [1.165, 1.54) is 0 Å². The Labute approximate surface area is 125 Å². The summed E-state index contributed by atoms with van der Waals surface area (Å²) in [5.41, 5.74) is 7.94. The number of nitrogens with zero attached hydrogens (tertiary/aromatic N) is 3. The first-order chi connectivity index (χ1) is 9.72. The lowest BCUT2D eigenvalue weighted by Crippen LogP contribution is -2.03. The largest absolute Gasteiger partial charge is 0.382 e. The van der Waals surface area contributed by atoms with Crippen molar-refractivity contribution in [3.8, 4) is 11.8 Å². The van der Waals surface area contributed by atoms with Gasteiger partial charge in [-0.3, -0.25) is 0 Å². The van der Waals surface area contributed by atoms with Crippen molar-refractivity contribution >= 4 is 21.7 Å². The molecule has 1 aromatic heterocycles. The monoisotopic (exact) mass is 332 g/mol. The predicted molar refractivity (Wildman–Crippen MR) is 78.3 cm³/mol. The molecule has 102 valence electrons. The van der Waals surface area contributed by atoms with E-state index in [9.17, 15) is 5.26 Å². The fraction of sp³-hybridized carbons (Fsp3) is 0.286. The van der Waals surface area contributed by atoms with Crippen LogP contribution in [0.15, 0.2) is 28.7 Å². The van der Waals surface area contributed by atoms with Gasteiger partial charge in [-0.1, -0.05) is 12.1 Å². The third kappa shape index (κ3) is 2.09. The van der Waals surface area contributed by atoms with Crippen LogP contribution in [0.5, 0.6) is 0 Å². The van der Waals surface area contributed by atoms with Gasteiger partial charge in [-0.2, -0.15) is 10.4 Å². The van der Waals surface area contributed by atoms with E-state index in [1.807, 2.05) is 24.3 Å². The van der Waals surface area contributed by atoms with Crippen LogP contribution in [0.2, 0.25) is 0 Å². The van der Waals surface area contributed by atoms with E-state index in [2.05, 4.69) is 27.1 Å². The summed E-state index contributed by atoms with van der Waals surface area (Å²) in [6.45, 7) is 0.706. The summed E-state index contributed by atoms with van der Waals surface area (Å²) >= 11 is 3.48. The first-order valence-electron chi connectivity index (χ1n) is 6.37. The molecular formula is C14H13BrN4O. The highest BCUT2D eigenvalue weighted by Gasteiger charge is 2.27.